The normalized spacial score (nSPS) is 11.0. The Hall–Kier alpha value is -3.48. The Bertz CT molecular complexity index is 1090. The molecule has 0 saturated heterocycles. The molecule has 4 rings (SSSR count). The molecule has 0 spiro atoms. The number of aromatic nitrogens is 3. The number of rotatable bonds is 3. The van der Waals surface area contributed by atoms with E-state index >= 15 is 0 Å². The molecule has 7 heteroatoms. The highest BCUT2D eigenvalue weighted by atomic mass is 16.6. The van der Waals surface area contributed by atoms with E-state index in [0.29, 0.717) is 11.5 Å². The Kier molecular flexibility index (Phi) is 3.13. The van der Waals surface area contributed by atoms with E-state index in [2.05, 4.69) is 10.1 Å². The van der Waals surface area contributed by atoms with Gasteiger partial charge in [0.15, 0.2) is 5.65 Å². The second-order valence-electron chi connectivity index (χ2n) is 5.32. The fraction of sp³-hybridized carbons (Fsp3) is 0.0588. The molecule has 0 fully saturated rings. The minimum Gasteiger partial charge on any atom is -0.431 e. The molecular weight excluding hydrogens is 308 g/mol. The van der Waals surface area contributed by atoms with E-state index in [4.69, 9.17) is 4.74 Å². The molecule has 0 bridgehead atoms. The van der Waals surface area contributed by atoms with Crippen LogP contribution in [0.15, 0.2) is 54.6 Å². The number of ether oxygens (including phenoxy) is 1. The van der Waals surface area contributed by atoms with Crippen molar-refractivity contribution in [2.75, 3.05) is 0 Å². The molecule has 0 radical (unpaired) electrons. The number of hydrogen-bond acceptors (Lipinski definition) is 5. The van der Waals surface area contributed by atoms with Crippen LogP contribution in [-0.2, 0) is 0 Å². The van der Waals surface area contributed by atoms with Crippen molar-refractivity contribution in [3.8, 4) is 11.6 Å². The van der Waals surface area contributed by atoms with Gasteiger partial charge in [-0.05, 0) is 25.1 Å². The van der Waals surface area contributed by atoms with E-state index in [-0.39, 0.29) is 11.4 Å². The molecule has 118 valence electrons. The highest BCUT2D eigenvalue weighted by molar-refractivity contribution is 5.86. The second kappa shape index (κ2) is 5.31. The quantitative estimate of drug-likeness (QED) is 0.422. The lowest BCUT2D eigenvalue weighted by atomic mass is 10.2. The summed E-state index contributed by atoms with van der Waals surface area (Å²) >= 11 is 0. The van der Waals surface area contributed by atoms with Crippen LogP contribution in [0.2, 0.25) is 0 Å². The highest BCUT2D eigenvalue weighted by Gasteiger charge is 2.18. The Labute approximate surface area is 136 Å². The summed E-state index contributed by atoms with van der Waals surface area (Å²) in [6.45, 7) is 1.88. The van der Waals surface area contributed by atoms with Gasteiger partial charge in [0.05, 0.1) is 21.5 Å². The van der Waals surface area contributed by atoms with Crippen LogP contribution in [0.5, 0.6) is 11.6 Å². The van der Waals surface area contributed by atoms with Crippen molar-refractivity contribution in [1.82, 2.24) is 14.6 Å². The van der Waals surface area contributed by atoms with Gasteiger partial charge in [0.25, 0.3) is 0 Å². The number of nitrogens with zero attached hydrogens (tertiary/aromatic N) is 4. The van der Waals surface area contributed by atoms with Crippen molar-refractivity contribution in [3.63, 3.8) is 0 Å². The molecule has 0 unspecified atom stereocenters. The van der Waals surface area contributed by atoms with Crippen LogP contribution in [0.1, 0.15) is 5.69 Å². The van der Waals surface area contributed by atoms with E-state index < -0.39 is 4.92 Å². The first kappa shape index (κ1) is 14.1. The largest absolute Gasteiger partial charge is 0.431 e. The number of nitro groups is 1. The van der Waals surface area contributed by atoms with Crippen molar-refractivity contribution >= 4 is 22.2 Å². The molecule has 0 N–H and O–H groups in total. The van der Waals surface area contributed by atoms with Gasteiger partial charge in [-0.25, -0.2) is 4.52 Å². The minimum atomic E-state index is -0.473. The van der Waals surface area contributed by atoms with E-state index in [1.54, 1.807) is 22.7 Å². The molecular formula is C17H12N4O3. The van der Waals surface area contributed by atoms with Gasteiger partial charge in [-0.2, -0.15) is 10.1 Å². The predicted molar refractivity (Wildman–Crippen MR) is 88.4 cm³/mol. The van der Waals surface area contributed by atoms with Crippen LogP contribution in [0, 0.1) is 17.0 Å². The topological polar surface area (TPSA) is 82.6 Å². The molecule has 0 saturated carbocycles. The van der Waals surface area contributed by atoms with Crippen molar-refractivity contribution in [3.05, 3.63) is 70.4 Å². The standard InChI is InChI=1S/C17H12N4O3/c1-11-10-16-18-17(12-6-2-3-7-13(12)20(16)19-11)24-15-9-5-4-8-14(15)21(22)23/h2-10H,1H3. The molecule has 2 heterocycles. The summed E-state index contributed by atoms with van der Waals surface area (Å²) in [7, 11) is 0. The molecule has 7 nitrogen and oxygen atoms in total. The summed E-state index contributed by atoms with van der Waals surface area (Å²) in [5.74, 6) is 0.466. The first-order chi connectivity index (χ1) is 11.6. The zero-order valence-corrected chi connectivity index (χ0v) is 12.7. The fourth-order valence-corrected chi connectivity index (χ4v) is 2.62. The Morgan fingerprint density at radius 3 is 2.71 bits per heavy atom. The number of fused-ring (bicyclic) bond motifs is 3. The van der Waals surface area contributed by atoms with E-state index in [0.717, 1.165) is 16.6 Å². The summed E-state index contributed by atoms with van der Waals surface area (Å²) in [5.41, 5.74) is 2.17. The van der Waals surface area contributed by atoms with Gasteiger partial charge in [-0.15, -0.1) is 0 Å². The lowest BCUT2D eigenvalue weighted by Crippen LogP contribution is -1.99. The Morgan fingerprint density at radius 1 is 1.12 bits per heavy atom. The third-order valence-electron chi connectivity index (χ3n) is 3.66. The lowest BCUT2D eigenvalue weighted by molar-refractivity contribution is -0.385. The molecule has 0 aliphatic heterocycles. The van der Waals surface area contributed by atoms with Crippen molar-refractivity contribution in [1.29, 1.82) is 0 Å². The predicted octanol–water partition coefficient (Wildman–Crippen LogP) is 3.89. The van der Waals surface area contributed by atoms with Gasteiger partial charge in [0.2, 0.25) is 11.6 Å². The third-order valence-corrected chi connectivity index (χ3v) is 3.66. The number of benzene rings is 2. The molecule has 0 aliphatic carbocycles. The molecule has 0 aliphatic rings. The highest BCUT2D eigenvalue weighted by Crippen LogP contribution is 2.34. The van der Waals surface area contributed by atoms with Crippen molar-refractivity contribution in [2.24, 2.45) is 0 Å². The van der Waals surface area contributed by atoms with Crippen LogP contribution in [0.25, 0.3) is 16.6 Å². The van der Waals surface area contributed by atoms with Gasteiger partial charge in [0.1, 0.15) is 0 Å². The van der Waals surface area contributed by atoms with Crippen LogP contribution < -0.4 is 4.74 Å². The summed E-state index contributed by atoms with van der Waals surface area (Å²) in [4.78, 5) is 15.2. The minimum absolute atomic E-state index is 0.104. The molecule has 0 atom stereocenters. The number of aryl methyl sites for hydroxylation is 1. The summed E-state index contributed by atoms with van der Waals surface area (Å²) in [5, 5.41) is 16.3. The van der Waals surface area contributed by atoms with Crippen molar-refractivity contribution < 1.29 is 9.66 Å². The zero-order chi connectivity index (χ0) is 16.7. The monoisotopic (exact) mass is 320 g/mol. The van der Waals surface area contributed by atoms with Crippen LogP contribution >= 0.6 is 0 Å². The molecule has 2 aromatic carbocycles. The summed E-state index contributed by atoms with van der Waals surface area (Å²) < 4.78 is 7.54. The van der Waals surface area contributed by atoms with Crippen LogP contribution in [0.4, 0.5) is 5.69 Å². The maximum absolute atomic E-state index is 11.2. The first-order valence-corrected chi connectivity index (χ1v) is 7.30. The number of para-hydroxylation sites is 3. The average Bonchev–Trinajstić information content (AvgIpc) is 2.96. The van der Waals surface area contributed by atoms with E-state index in [1.807, 2.05) is 37.3 Å². The van der Waals surface area contributed by atoms with E-state index in [9.17, 15) is 10.1 Å². The molecule has 0 amide bonds. The summed E-state index contributed by atoms with van der Waals surface area (Å²) in [6.07, 6.45) is 0. The lowest BCUT2D eigenvalue weighted by Gasteiger charge is -2.09. The average molecular weight is 320 g/mol. The van der Waals surface area contributed by atoms with Crippen LogP contribution in [-0.4, -0.2) is 19.5 Å². The maximum atomic E-state index is 11.2. The van der Waals surface area contributed by atoms with Gasteiger partial charge in [0, 0.05) is 12.1 Å². The van der Waals surface area contributed by atoms with Gasteiger partial charge < -0.3 is 4.74 Å². The molecule has 2 aromatic heterocycles. The van der Waals surface area contributed by atoms with Crippen molar-refractivity contribution in [2.45, 2.75) is 6.92 Å². The molecule has 24 heavy (non-hydrogen) atoms. The third kappa shape index (κ3) is 2.23. The second-order valence-corrected chi connectivity index (χ2v) is 5.32. The number of hydrogen-bond donors (Lipinski definition) is 0. The Morgan fingerprint density at radius 2 is 1.88 bits per heavy atom. The fourth-order valence-electron chi connectivity index (χ4n) is 2.62. The van der Waals surface area contributed by atoms with Gasteiger partial charge >= 0.3 is 5.69 Å². The summed E-state index contributed by atoms with van der Waals surface area (Å²) in [6, 6.07) is 15.6. The molecule has 4 aromatic rings. The smallest absolute Gasteiger partial charge is 0.311 e. The number of nitro benzene ring substituents is 1. The van der Waals surface area contributed by atoms with E-state index in [1.165, 1.54) is 6.07 Å². The van der Waals surface area contributed by atoms with Gasteiger partial charge in [-0.1, -0.05) is 24.3 Å². The maximum Gasteiger partial charge on any atom is 0.311 e. The SMILES string of the molecule is Cc1cc2nc(Oc3ccccc3[N+](=O)[O-])c3ccccc3n2n1. The van der Waals surface area contributed by atoms with Crippen LogP contribution in [0.3, 0.4) is 0 Å². The first-order valence-electron chi connectivity index (χ1n) is 7.30. The van der Waals surface area contributed by atoms with Gasteiger partial charge in [-0.3, -0.25) is 10.1 Å². The zero-order valence-electron chi connectivity index (χ0n) is 12.7. The Balaban J connectivity index is 1.95.